The predicted molar refractivity (Wildman–Crippen MR) is 109 cm³/mol. The third-order valence-corrected chi connectivity index (χ3v) is 5.34. The summed E-state index contributed by atoms with van der Waals surface area (Å²) >= 11 is 0. The molecule has 30 heavy (non-hydrogen) atoms. The maximum atomic E-state index is 12.3. The molecule has 1 aliphatic heterocycles. The Balaban J connectivity index is 1.51. The second-order valence-corrected chi connectivity index (χ2v) is 7.27. The van der Waals surface area contributed by atoms with Crippen molar-refractivity contribution in [2.75, 3.05) is 19.3 Å². The summed E-state index contributed by atoms with van der Waals surface area (Å²) in [6.45, 7) is 0.454. The minimum atomic E-state index is -1.66. The van der Waals surface area contributed by atoms with Crippen LogP contribution in [0.1, 0.15) is 13.5 Å². The van der Waals surface area contributed by atoms with Crippen molar-refractivity contribution in [1.82, 2.24) is 25.0 Å². The lowest BCUT2D eigenvalue weighted by molar-refractivity contribution is -0.143. The molecule has 0 spiro atoms. The molecule has 1 aromatic carbocycles. The molecule has 1 aliphatic rings. The molecule has 1 saturated heterocycles. The van der Waals surface area contributed by atoms with E-state index < -0.39 is 11.5 Å². The quantitative estimate of drug-likeness (QED) is 0.531. The number of benzene rings is 1. The number of likely N-dealkylation sites (N-methyl/N-ethyl adjacent to an activating group) is 1. The van der Waals surface area contributed by atoms with Crippen molar-refractivity contribution in [2.24, 2.45) is 0 Å². The summed E-state index contributed by atoms with van der Waals surface area (Å²) in [6.07, 6.45) is 0.107. The summed E-state index contributed by atoms with van der Waals surface area (Å²) in [4.78, 5) is 26.2. The van der Waals surface area contributed by atoms with Crippen molar-refractivity contribution in [2.45, 2.75) is 12.0 Å². The van der Waals surface area contributed by atoms with E-state index in [1.165, 1.54) is 4.90 Å². The van der Waals surface area contributed by atoms with Gasteiger partial charge in [0.25, 0.3) is 5.91 Å². The standard InChI is InChI=1S/C21H18N6O3/c1-27-8-7-21(29,20(27)28)17-10-16(30-26-17)13-4-2-3-12(9-13)14-5-6-15-18(25-14)19(22)24-11-23-15/h2-6,9-11,29H,7-8H2,1H3,(H2,22,23,24)/t21-/m1/s1/i11D. The normalized spacial score (nSPS) is 19.5. The van der Waals surface area contributed by atoms with Gasteiger partial charge in [-0.15, -0.1) is 0 Å². The number of hydrogen-bond donors (Lipinski definition) is 2. The fourth-order valence-electron chi connectivity index (χ4n) is 3.61. The third kappa shape index (κ3) is 2.79. The zero-order chi connectivity index (χ0) is 21.8. The number of rotatable bonds is 3. The molecular weight excluding hydrogens is 384 g/mol. The van der Waals surface area contributed by atoms with Gasteiger partial charge in [-0.1, -0.05) is 23.4 Å². The van der Waals surface area contributed by atoms with Gasteiger partial charge in [0.2, 0.25) is 0 Å². The number of hydrogen-bond acceptors (Lipinski definition) is 8. The first-order chi connectivity index (χ1) is 14.8. The number of carbonyl (C=O) groups is 1. The summed E-state index contributed by atoms with van der Waals surface area (Å²) in [5, 5.41) is 14.7. The molecule has 1 atom stereocenters. The fraction of sp³-hybridized carbons (Fsp3) is 0.190. The number of carbonyl (C=O) groups excluding carboxylic acids is 1. The van der Waals surface area contributed by atoms with Crippen LogP contribution in [0.25, 0.3) is 33.6 Å². The molecule has 0 bridgehead atoms. The van der Waals surface area contributed by atoms with Crippen LogP contribution in [0.15, 0.2) is 53.3 Å². The Labute approximate surface area is 172 Å². The molecule has 1 amide bonds. The first-order valence-corrected chi connectivity index (χ1v) is 9.32. The van der Waals surface area contributed by atoms with Crippen molar-refractivity contribution >= 4 is 22.8 Å². The van der Waals surface area contributed by atoms with Crippen LogP contribution in [0.5, 0.6) is 0 Å². The lowest BCUT2D eigenvalue weighted by atomic mass is 9.97. The van der Waals surface area contributed by atoms with Gasteiger partial charge in [-0.05, 0) is 18.2 Å². The van der Waals surface area contributed by atoms with Gasteiger partial charge < -0.3 is 20.3 Å². The number of likely N-dealkylation sites (tertiary alicyclic amines) is 1. The minimum Gasteiger partial charge on any atom is -0.382 e. The fourth-order valence-corrected chi connectivity index (χ4v) is 3.61. The average molecular weight is 403 g/mol. The second kappa shape index (κ2) is 6.60. The van der Waals surface area contributed by atoms with Gasteiger partial charge >= 0.3 is 0 Å². The molecular formula is C21H18N6O3. The summed E-state index contributed by atoms with van der Waals surface area (Å²) < 4.78 is 13.0. The molecule has 4 aromatic rings. The zero-order valence-electron chi connectivity index (χ0n) is 17.0. The number of aliphatic hydroxyl groups is 1. The Hall–Kier alpha value is -3.85. The molecule has 3 N–H and O–H groups in total. The van der Waals surface area contributed by atoms with Crippen LogP contribution in [0.2, 0.25) is 0 Å². The van der Waals surface area contributed by atoms with Crippen molar-refractivity contribution in [3.05, 3.63) is 54.5 Å². The minimum absolute atomic E-state index is 0.146. The molecule has 0 radical (unpaired) electrons. The number of nitrogen functional groups attached to an aromatic ring is 1. The average Bonchev–Trinajstić information content (AvgIpc) is 3.36. The van der Waals surface area contributed by atoms with Crippen LogP contribution < -0.4 is 5.73 Å². The number of nitrogens with two attached hydrogens (primary N) is 1. The molecule has 0 aliphatic carbocycles. The van der Waals surface area contributed by atoms with Gasteiger partial charge in [0.15, 0.2) is 17.2 Å². The first kappa shape index (κ1) is 17.0. The molecule has 4 heterocycles. The Kier molecular flexibility index (Phi) is 3.75. The van der Waals surface area contributed by atoms with Crippen molar-refractivity contribution < 1.29 is 15.8 Å². The molecule has 9 nitrogen and oxygen atoms in total. The lowest BCUT2D eigenvalue weighted by Crippen LogP contribution is -2.36. The van der Waals surface area contributed by atoms with Crippen molar-refractivity contribution in [1.29, 1.82) is 0 Å². The van der Waals surface area contributed by atoms with E-state index in [-0.39, 0.29) is 24.2 Å². The Bertz CT molecular complexity index is 1340. The summed E-state index contributed by atoms with van der Waals surface area (Å²) in [5.74, 6) is 0.180. The smallest absolute Gasteiger partial charge is 0.260 e. The molecule has 1 fully saturated rings. The number of anilines is 1. The number of aromatic nitrogens is 4. The van der Waals surface area contributed by atoms with E-state index in [2.05, 4.69) is 20.1 Å². The second-order valence-electron chi connectivity index (χ2n) is 7.27. The van der Waals surface area contributed by atoms with E-state index in [1.807, 2.05) is 24.3 Å². The first-order valence-electron chi connectivity index (χ1n) is 9.82. The third-order valence-electron chi connectivity index (χ3n) is 5.34. The van der Waals surface area contributed by atoms with Crippen LogP contribution in [-0.4, -0.2) is 49.6 Å². The highest BCUT2D eigenvalue weighted by Gasteiger charge is 2.47. The van der Waals surface area contributed by atoms with Crippen LogP contribution in [0, 0.1) is 0 Å². The van der Waals surface area contributed by atoms with Gasteiger partial charge in [-0.3, -0.25) is 4.79 Å². The maximum absolute atomic E-state index is 12.3. The van der Waals surface area contributed by atoms with E-state index in [9.17, 15) is 9.90 Å². The predicted octanol–water partition coefficient (Wildman–Crippen LogP) is 1.98. The monoisotopic (exact) mass is 403 g/mol. The van der Waals surface area contributed by atoms with Crippen LogP contribution >= 0.6 is 0 Å². The number of nitrogens with zero attached hydrogens (tertiary/aromatic N) is 5. The van der Waals surface area contributed by atoms with E-state index in [4.69, 9.17) is 11.6 Å². The van der Waals surface area contributed by atoms with E-state index >= 15 is 0 Å². The molecule has 0 saturated carbocycles. The summed E-state index contributed by atoms with van der Waals surface area (Å²) in [5.41, 5.74) is 7.52. The van der Waals surface area contributed by atoms with Crippen LogP contribution in [-0.2, 0) is 10.4 Å². The van der Waals surface area contributed by atoms with Gasteiger partial charge in [0.1, 0.15) is 18.9 Å². The van der Waals surface area contributed by atoms with Gasteiger partial charge in [0, 0.05) is 37.2 Å². The number of fused-ring (bicyclic) bond motifs is 1. The van der Waals surface area contributed by atoms with Crippen LogP contribution in [0.4, 0.5) is 5.82 Å². The molecule has 3 aromatic heterocycles. The van der Waals surface area contributed by atoms with Gasteiger partial charge in [-0.2, -0.15) is 0 Å². The number of pyridine rings is 1. The Morgan fingerprint density at radius 1 is 1.23 bits per heavy atom. The molecule has 150 valence electrons. The highest BCUT2D eigenvalue weighted by atomic mass is 16.5. The van der Waals surface area contributed by atoms with Gasteiger partial charge in [0.05, 0.1) is 11.2 Å². The lowest BCUT2D eigenvalue weighted by Gasteiger charge is -2.16. The van der Waals surface area contributed by atoms with Gasteiger partial charge in [-0.25, -0.2) is 15.0 Å². The molecule has 9 heteroatoms. The van der Waals surface area contributed by atoms with E-state index in [1.54, 1.807) is 25.2 Å². The largest absolute Gasteiger partial charge is 0.382 e. The summed E-state index contributed by atoms with van der Waals surface area (Å²) in [6, 6.07) is 12.5. The molecule has 5 rings (SSSR count). The summed E-state index contributed by atoms with van der Waals surface area (Å²) in [7, 11) is 1.64. The van der Waals surface area contributed by atoms with E-state index in [0.717, 1.165) is 5.56 Å². The SMILES string of the molecule is [2H]c1nc(N)c2nc(-c3cccc(-c4cc([C@]5(O)CCN(C)C5=O)no4)c3)ccc2n1. The highest BCUT2D eigenvalue weighted by molar-refractivity contribution is 5.88. The Morgan fingerprint density at radius 3 is 2.87 bits per heavy atom. The maximum Gasteiger partial charge on any atom is 0.260 e. The Morgan fingerprint density at radius 2 is 2.07 bits per heavy atom. The topological polar surface area (TPSA) is 131 Å². The molecule has 0 unspecified atom stereocenters. The van der Waals surface area contributed by atoms with Crippen LogP contribution in [0.3, 0.4) is 0 Å². The van der Waals surface area contributed by atoms with E-state index in [0.29, 0.717) is 34.6 Å². The van der Waals surface area contributed by atoms with Crippen molar-refractivity contribution in [3.8, 4) is 22.6 Å². The number of amides is 1. The van der Waals surface area contributed by atoms with Crippen molar-refractivity contribution in [3.63, 3.8) is 0 Å². The highest BCUT2D eigenvalue weighted by Crippen LogP contribution is 2.35. The zero-order valence-corrected chi connectivity index (χ0v) is 16.0.